The molecule has 1 aliphatic rings. The van der Waals surface area contributed by atoms with Crippen LogP contribution >= 0.6 is 0 Å². The Morgan fingerprint density at radius 1 is 1.05 bits per heavy atom. The third kappa shape index (κ3) is 9.33. The number of imide groups is 1. The van der Waals surface area contributed by atoms with Crippen LogP contribution in [0.3, 0.4) is 0 Å². The summed E-state index contributed by atoms with van der Waals surface area (Å²) in [6, 6.07) is 2.15. The van der Waals surface area contributed by atoms with E-state index < -0.39 is 29.7 Å². The van der Waals surface area contributed by atoms with Gasteiger partial charge >= 0.3 is 12.2 Å². The number of carbonyl (C=O) groups excluding carboxylic acids is 2. The van der Waals surface area contributed by atoms with E-state index >= 15 is 0 Å². The maximum absolute atomic E-state index is 13.6. The first kappa shape index (κ1) is 33.7. The summed E-state index contributed by atoms with van der Waals surface area (Å²) in [6.07, 6.45) is 7.87. The summed E-state index contributed by atoms with van der Waals surface area (Å²) in [7, 11) is 0. The van der Waals surface area contributed by atoms with Gasteiger partial charge in [0.25, 0.3) is 0 Å². The molecule has 0 bridgehead atoms. The number of allylic oxidation sites excluding steroid dienone is 2. The Hall–Kier alpha value is -3.82. The van der Waals surface area contributed by atoms with Crippen LogP contribution in [0.25, 0.3) is 17.0 Å². The van der Waals surface area contributed by atoms with Gasteiger partial charge in [-0.15, -0.1) is 0 Å². The molecule has 12 nitrogen and oxygen atoms in total. The maximum Gasteiger partial charge on any atom is 0.425 e. The van der Waals surface area contributed by atoms with E-state index in [0.717, 1.165) is 36.3 Å². The number of amides is 2. The lowest BCUT2D eigenvalue weighted by Crippen LogP contribution is -2.45. The summed E-state index contributed by atoms with van der Waals surface area (Å²) in [6.45, 7) is 14.7. The zero-order chi connectivity index (χ0) is 31.8. The van der Waals surface area contributed by atoms with Gasteiger partial charge in [0.2, 0.25) is 0 Å². The van der Waals surface area contributed by atoms with Crippen molar-refractivity contribution in [3.05, 3.63) is 30.4 Å². The third-order valence-corrected chi connectivity index (χ3v) is 6.47. The van der Waals surface area contributed by atoms with E-state index in [1.54, 1.807) is 58.6 Å². The lowest BCUT2D eigenvalue weighted by Gasteiger charge is -2.29. The van der Waals surface area contributed by atoms with Gasteiger partial charge in [-0.1, -0.05) is 12.8 Å². The molecular weight excluding hydrogens is 552 g/mol. The molecule has 2 aromatic rings. The molecule has 1 aliphatic carbocycles. The first-order chi connectivity index (χ1) is 20.3. The van der Waals surface area contributed by atoms with Gasteiger partial charge in [-0.2, -0.15) is 15.3 Å². The average molecular weight is 597 g/mol. The lowest BCUT2D eigenvalue weighted by atomic mass is 10.0. The maximum atomic E-state index is 13.6. The van der Waals surface area contributed by atoms with Crippen molar-refractivity contribution >= 4 is 23.7 Å². The predicted octanol–water partition coefficient (Wildman–Crippen LogP) is 6.51. The molecule has 0 radical (unpaired) electrons. The largest absolute Gasteiger partial charge is 0.443 e. The van der Waals surface area contributed by atoms with Gasteiger partial charge < -0.3 is 18.9 Å². The highest BCUT2D eigenvalue weighted by atomic mass is 16.7. The summed E-state index contributed by atoms with van der Waals surface area (Å²) in [5, 5.41) is 14.0. The number of ether oxygens (including phenoxy) is 4. The summed E-state index contributed by atoms with van der Waals surface area (Å²) in [4.78, 5) is 36.9. The lowest BCUT2D eigenvalue weighted by molar-refractivity contribution is -0.134. The van der Waals surface area contributed by atoms with Gasteiger partial charge in [-0.05, 0) is 68.2 Å². The van der Waals surface area contributed by atoms with Gasteiger partial charge in [0, 0.05) is 49.0 Å². The molecule has 0 saturated heterocycles. The minimum absolute atomic E-state index is 0.0192. The van der Waals surface area contributed by atoms with Crippen LogP contribution < -0.4 is 4.90 Å². The van der Waals surface area contributed by atoms with Crippen LogP contribution in [0, 0.1) is 17.2 Å². The molecule has 2 amide bonds. The van der Waals surface area contributed by atoms with Crippen molar-refractivity contribution in [1.29, 1.82) is 5.26 Å². The van der Waals surface area contributed by atoms with E-state index in [1.807, 2.05) is 13.8 Å². The van der Waals surface area contributed by atoms with Gasteiger partial charge in [-0.25, -0.2) is 24.2 Å². The number of rotatable bonds is 10. The molecular formula is C31H44N6O6. The van der Waals surface area contributed by atoms with Gasteiger partial charge in [0.05, 0.1) is 23.7 Å². The van der Waals surface area contributed by atoms with Crippen LogP contribution in [0.15, 0.2) is 24.8 Å². The average Bonchev–Trinajstić information content (AvgIpc) is 3.59. The highest BCUT2D eigenvalue weighted by molar-refractivity contribution is 6.09. The fourth-order valence-electron chi connectivity index (χ4n) is 4.84. The van der Waals surface area contributed by atoms with Crippen molar-refractivity contribution in [2.24, 2.45) is 5.92 Å². The van der Waals surface area contributed by atoms with E-state index in [4.69, 9.17) is 18.9 Å². The number of carbonyl (C=O) groups is 2. The van der Waals surface area contributed by atoms with Crippen LogP contribution in [0.1, 0.15) is 86.6 Å². The SMILES string of the molecule is CCOC(Cc1c(-c2cnn(/C(=C\C#N)C3CCCC3)c2)ncnc1N(C(=O)OC(C)(C)C)C(=O)OC(C)(C)C)OCC. The second kappa shape index (κ2) is 14.6. The number of hydrogen-bond acceptors (Lipinski definition) is 10. The quantitative estimate of drug-likeness (QED) is 0.220. The molecule has 1 saturated carbocycles. The Morgan fingerprint density at radius 2 is 1.63 bits per heavy atom. The molecule has 0 aliphatic heterocycles. The first-order valence-electron chi connectivity index (χ1n) is 14.8. The molecule has 3 rings (SSSR count). The summed E-state index contributed by atoms with van der Waals surface area (Å²) < 4.78 is 24.6. The molecule has 2 aromatic heterocycles. The van der Waals surface area contributed by atoms with Crippen molar-refractivity contribution in [3.63, 3.8) is 0 Å². The fourth-order valence-corrected chi connectivity index (χ4v) is 4.84. The second-order valence-electron chi connectivity index (χ2n) is 12.2. The van der Waals surface area contributed by atoms with Crippen LogP contribution in [0.5, 0.6) is 0 Å². The van der Waals surface area contributed by atoms with Crippen molar-refractivity contribution in [2.75, 3.05) is 18.1 Å². The van der Waals surface area contributed by atoms with E-state index in [9.17, 15) is 14.9 Å². The van der Waals surface area contributed by atoms with Crippen molar-refractivity contribution in [2.45, 2.75) is 105 Å². The van der Waals surface area contributed by atoms with Gasteiger partial charge in [0.15, 0.2) is 12.1 Å². The fraction of sp³-hybridized carbons (Fsp3) is 0.613. The normalized spacial score (nSPS) is 14.6. The standard InChI is InChI=1S/C31H44N6O6/c1-9-40-25(41-10-2)17-23-26(22-18-35-36(19-22)24(15-16-32)21-13-11-12-14-21)33-20-34-27(23)37(28(38)42-30(3,4)5)29(39)43-31(6,7)8/h15,18-21,25H,9-14,17H2,1-8H3/b24-15-. The zero-order valence-electron chi connectivity index (χ0n) is 26.5. The second-order valence-corrected chi connectivity index (χ2v) is 12.2. The predicted molar refractivity (Wildman–Crippen MR) is 161 cm³/mol. The van der Waals surface area contributed by atoms with Gasteiger partial charge in [-0.3, -0.25) is 0 Å². The topological polar surface area (TPSA) is 142 Å². The number of aromatic nitrogens is 4. The van der Waals surface area contributed by atoms with E-state index in [1.165, 1.54) is 12.4 Å². The number of nitrogens with zero attached hydrogens (tertiary/aromatic N) is 6. The Labute approximate surface area is 254 Å². The number of nitriles is 1. The summed E-state index contributed by atoms with van der Waals surface area (Å²) >= 11 is 0. The third-order valence-electron chi connectivity index (χ3n) is 6.47. The van der Waals surface area contributed by atoms with Crippen molar-refractivity contribution < 1.29 is 28.5 Å². The molecule has 2 heterocycles. The molecule has 0 unspecified atom stereocenters. The van der Waals surface area contributed by atoms with Crippen molar-refractivity contribution in [1.82, 2.24) is 19.7 Å². The van der Waals surface area contributed by atoms with Crippen LogP contribution in [0.4, 0.5) is 15.4 Å². The minimum Gasteiger partial charge on any atom is -0.443 e. The monoisotopic (exact) mass is 596 g/mol. The van der Waals surface area contributed by atoms with E-state index in [2.05, 4.69) is 21.1 Å². The van der Waals surface area contributed by atoms with Gasteiger partial charge in [0.1, 0.15) is 17.5 Å². The Balaban J connectivity index is 2.21. The molecule has 0 spiro atoms. The Bertz CT molecular complexity index is 1290. The highest BCUT2D eigenvalue weighted by Gasteiger charge is 2.37. The first-order valence-corrected chi connectivity index (χ1v) is 14.8. The van der Waals surface area contributed by atoms with Crippen LogP contribution in [-0.4, -0.2) is 62.6 Å². The van der Waals surface area contributed by atoms with Crippen LogP contribution in [0.2, 0.25) is 0 Å². The van der Waals surface area contributed by atoms with Crippen LogP contribution in [-0.2, 0) is 25.4 Å². The molecule has 0 N–H and O–H groups in total. The Morgan fingerprint density at radius 3 is 2.14 bits per heavy atom. The number of hydrogen-bond donors (Lipinski definition) is 0. The molecule has 0 atom stereocenters. The Kier molecular flexibility index (Phi) is 11.4. The number of anilines is 1. The zero-order valence-corrected chi connectivity index (χ0v) is 26.5. The minimum atomic E-state index is -0.951. The summed E-state index contributed by atoms with van der Waals surface area (Å²) in [5.41, 5.74) is 0.417. The summed E-state index contributed by atoms with van der Waals surface area (Å²) in [5.74, 6) is 0.206. The smallest absolute Gasteiger partial charge is 0.425 e. The van der Waals surface area contributed by atoms with E-state index in [-0.39, 0.29) is 18.2 Å². The molecule has 43 heavy (non-hydrogen) atoms. The molecule has 12 heteroatoms. The molecule has 1 fully saturated rings. The molecule has 0 aromatic carbocycles. The van der Waals surface area contributed by atoms with Crippen molar-refractivity contribution in [3.8, 4) is 17.3 Å². The van der Waals surface area contributed by atoms with E-state index in [0.29, 0.717) is 30.0 Å². The highest BCUT2D eigenvalue weighted by Crippen LogP contribution is 2.36. The molecule has 234 valence electrons.